The Morgan fingerprint density at radius 2 is 2.31 bits per heavy atom. The maximum atomic E-state index is 10.9. The van der Waals surface area contributed by atoms with Crippen molar-refractivity contribution < 1.29 is 9.53 Å². The number of ether oxygens (including phenoxy) is 1. The Kier molecular flexibility index (Phi) is 6.88. The van der Waals surface area contributed by atoms with Gasteiger partial charge in [0.25, 0.3) is 0 Å². The highest BCUT2D eigenvalue weighted by molar-refractivity contribution is 7.99. The van der Waals surface area contributed by atoms with Crippen LogP contribution in [-0.4, -0.2) is 37.2 Å². The van der Waals surface area contributed by atoms with Crippen LogP contribution < -0.4 is 5.32 Å². The van der Waals surface area contributed by atoms with Gasteiger partial charge in [0, 0.05) is 17.7 Å². The molecule has 0 aromatic heterocycles. The highest BCUT2D eigenvalue weighted by Crippen LogP contribution is 2.26. The van der Waals surface area contributed by atoms with Crippen molar-refractivity contribution in [1.29, 1.82) is 0 Å². The zero-order chi connectivity index (χ0) is 11.8. The summed E-state index contributed by atoms with van der Waals surface area (Å²) in [5.74, 6) is -0.104. The molecule has 2 atom stereocenters. The summed E-state index contributed by atoms with van der Waals surface area (Å²) in [5, 5.41) is 4.37. The van der Waals surface area contributed by atoms with Gasteiger partial charge in [-0.1, -0.05) is 6.42 Å². The van der Waals surface area contributed by atoms with Crippen LogP contribution in [0.2, 0.25) is 0 Å². The molecule has 1 N–H and O–H groups in total. The molecule has 0 radical (unpaired) electrons. The van der Waals surface area contributed by atoms with Crippen LogP contribution >= 0.6 is 11.8 Å². The van der Waals surface area contributed by atoms with Gasteiger partial charge >= 0.3 is 5.97 Å². The van der Waals surface area contributed by atoms with Gasteiger partial charge in [-0.05, 0) is 38.5 Å². The normalized spacial score (nSPS) is 25.4. The SMILES string of the molecule is COC(=O)CCCNC1CCCC(SC)C1. The van der Waals surface area contributed by atoms with Crippen LogP contribution in [0.25, 0.3) is 0 Å². The molecule has 0 saturated heterocycles. The summed E-state index contributed by atoms with van der Waals surface area (Å²) in [6.07, 6.45) is 8.87. The fourth-order valence-electron chi connectivity index (χ4n) is 2.19. The van der Waals surface area contributed by atoms with Crippen molar-refractivity contribution in [2.24, 2.45) is 0 Å². The quantitative estimate of drug-likeness (QED) is 0.575. The van der Waals surface area contributed by atoms with Crippen molar-refractivity contribution in [3.05, 3.63) is 0 Å². The zero-order valence-corrected chi connectivity index (χ0v) is 11.1. The van der Waals surface area contributed by atoms with E-state index in [0.717, 1.165) is 18.2 Å². The van der Waals surface area contributed by atoms with E-state index in [1.165, 1.54) is 32.8 Å². The molecule has 0 aromatic carbocycles. The van der Waals surface area contributed by atoms with Crippen LogP contribution in [0.4, 0.5) is 0 Å². The molecule has 1 rings (SSSR count). The van der Waals surface area contributed by atoms with Crippen LogP contribution in [0, 0.1) is 0 Å². The van der Waals surface area contributed by atoms with Gasteiger partial charge in [0.15, 0.2) is 0 Å². The average molecular weight is 245 g/mol. The van der Waals surface area contributed by atoms with E-state index in [4.69, 9.17) is 0 Å². The molecular weight excluding hydrogens is 222 g/mol. The van der Waals surface area contributed by atoms with Gasteiger partial charge in [0.1, 0.15) is 0 Å². The summed E-state index contributed by atoms with van der Waals surface area (Å²) < 4.78 is 4.61. The van der Waals surface area contributed by atoms with Crippen molar-refractivity contribution in [1.82, 2.24) is 5.32 Å². The third kappa shape index (κ3) is 5.21. The molecule has 0 amide bonds. The van der Waals surface area contributed by atoms with Gasteiger partial charge in [0.2, 0.25) is 0 Å². The minimum Gasteiger partial charge on any atom is -0.469 e. The maximum absolute atomic E-state index is 10.9. The van der Waals surface area contributed by atoms with E-state index in [0.29, 0.717) is 12.5 Å². The maximum Gasteiger partial charge on any atom is 0.305 e. The topological polar surface area (TPSA) is 38.3 Å². The summed E-state index contributed by atoms with van der Waals surface area (Å²) in [6.45, 7) is 0.931. The molecule has 94 valence electrons. The molecule has 3 nitrogen and oxygen atoms in total. The third-order valence-corrected chi connectivity index (χ3v) is 4.27. The van der Waals surface area contributed by atoms with Gasteiger partial charge in [0.05, 0.1) is 7.11 Å². The molecule has 0 aromatic rings. The first-order chi connectivity index (χ1) is 7.76. The Morgan fingerprint density at radius 3 is 3.00 bits per heavy atom. The monoisotopic (exact) mass is 245 g/mol. The van der Waals surface area contributed by atoms with E-state index in [9.17, 15) is 4.79 Å². The molecule has 16 heavy (non-hydrogen) atoms. The molecule has 0 heterocycles. The average Bonchev–Trinajstić information content (AvgIpc) is 2.34. The van der Waals surface area contributed by atoms with E-state index in [2.05, 4.69) is 16.3 Å². The molecule has 0 spiro atoms. The molecule has 1 aliphatic rings. The number of rotatable bonds is 6. The first-order valence-corrected chi connectivity index (χ1v) is 7.38. The van der Waals surface area contributed by atoms with Crippen molar-refractivity contribution >= 4 is 17.7 Å². The minimum atomic E-state index is -0.104. The van der Waals surface area contributed by atoms with Gasteiger partial charge in [-0.15, -0.1) is 0 Å². The van der Waals surface area contributed by atoms with Crippen molar-refractivity contribution in [2.45, 2.75) is 49.8 Å². The molecule has 1 fully saturated rings. The summed E-state index contributed by atoms with van der Waals surface area (Å²) in [4.78, 5) is 10.9. The minimum absolute atomic E-state index is 0.104. The number of thioether (sulfide) groups is 1. The van der Waals surface area contributed by atoms with Crippen molar-refractivity contribution in [2.75, 3.05) is 19.9 Å². The van der Waals surface area contributed by atoms with Crippen molar-refractivity contribution in [3.8, 4) is 0 Å². The van der Waals surface area contributed by atoms with E-state index >= 15 is 0 Å². The van der Waals surface area contributed by atoms with Crippen LogP contribution in [0.3, 0.4) is 0 Å². The Bertz CT molecular complexity index is 211. The van der Waals surface area contributed by atoms with Crippen LogP contribution in [-0.2, 0) is 9.53 Å². The Hall–Kier alpha value is -0.220. The number of esters is 1. The second kappa shape index (κ2) is 7.96. The van der Waals surface area contributed by atoms with Crippen LogP contribution in [0.5, 0.6) is 0 Å². The number of hydrogen-bond donors (Lipinski definition) is 1. The third-order valence-electron chi connectivity index (χ3n) is 3.18. The highest BCUT2D eigenvalue weighted by atomic mass is 32.2. The molecule has 0 aliphatic heterocycles. The Morgan fingerprint density at radius 1 is 1.50 bits per heavy atom. The van der Waals surface area contributed by atoms with Gasteiger partial charge < -0.3 is 10.1 Å². The molecular formula is C12H23NO2S. The summed E-state index contributed by atoms with van der Waals surface area (Å²) in [6, 6.07) is 0.656. The van der Waals surface area contributed by atoms with Gasteiger partial charge in [-0.2, -0.15) is 11.8 Å². The first-order valence-electron chi connectivity index (χ1n) is 6.09. The zero-order valence-electron chi connectivity index (χ0n) is 10.3. The predicted molar refractivity (Wildman–Crippen MR) is 68.8 cm³/mol. The van der Waals surface area contributed by atoms with Crippen molar-refractivity contribution in [3.63, 3.8) is 0 Å². The van der Waals surface area contributed by atoms with Gasteiger partial charge in [-0.25, -0.2) is 0 Å². The lowest BCUT2D eigenvalue weighted by Gasteiger charge is -2.28. The number of methoxy groups -OCH3 is 1. The van der Waals surface area contributed by atoms with Crippen LogP contribution in [0.15, 0.2) is 0 Å². The number of hydrogen-bond acceptors (Lipinski definition) is 4. The molecule has 1 aliphatic carbocycles. The second-order valence-electron chi connectivity index (χ2n) is 4.36. The lowest BCUT2D eigenvalue weighted by molar-refractivity contribution is -0.140. The summed E-state index contributed by atoms with van der Waals surface area (Å²) in [7, 11) is 1.44. The summed E-state index contributed by atoms with van der Waals surface area (Å²) >= 11 is 1.98. The van der Waals surface area contributed by atoms with E-state index in [-0.39, 0.29) is 5.97 Å². The number of carbonyl (C=O) groups excluding carboxylic acids is 1. The molecule has 2 unspecified atom stereocenters. The van der Waals surface area contributed by atoms with E-state index < -0.39 is 0 Å². The molecule has 1 saturated carbocycles. The smallest absolute Gasteiger partial charge is 0.305 e. The fourth-order valence-corrected chi connectivity index (χ4v) is 3.01. The van der Waals surface area contributed by atoms with Crippen LogP contribution in [0.1, 0.15) is 38.5 Å². The lowest BCUT2D eigenvalue weighted by Crippen LogP contribution is -2.35. The predicted octanol–water partition coefficient (Wildman–Crippen LogP) is 2.20. The Labute approximate surface area is 103 Å². The van der Waals surface area contributed by atoms with E-state index in [1.807, 2.05) is 11.8 Å². The standard InChI is InChI=1S/C12H23NO2S/c1-15-12(14)7-4-8-13-10-5-3-6-11(9-10)16-2/h10-11,13H,3-9H2,1-2H3. The highest BCUT2D eigenvalue weighted by Gasteiger charge is 2.20. The molecule has 4 heteroatoms. The Balaban J connectivity index is 2.06. The molecule has 0 bridgehead atoms. The number of nitrogens with one attached hydrogen (secondary N) is 1. The second-order valence-corrected chi connectivity index (χ2v) is 5.49. The number of carbonyl (C=O) groups is 1. The summed E-state index contributed by atoms with van der Waals surface area (Å²) in [5.41, 5.74) is 0. The lowest BCUT2D eigenvalue weighted by atomic mass is 9.95. The largest absolute Gasteiger partial charge is 0.469 e. The fraction of sp³-hybridized carbons (Fsp3) is 0.917. The first kappa shape index (κ1) is 13.8. The van der Waals surface area contributed by atoms with Gasteiger partial charge in [-0.3, -0.25) is 4.79 Å². The van der Waals surface area contributed by atoms with E-state index in [1.54, 1.807) is 0 Å².